The molecule has 0 aliphatic heterocycles. The lowest BCUT2D eigenvalue weighted by molar-refractivity contribution is 0.0532. The Kier molecular flexibility index (Phi) is 9.49. The molecule has 1 unspecified atom stereocenters. The maximum atomic E-state index is 6.34. The van der Waals surface area contributed by atoms with E-state index in [-0.39, 0.29) is 6.10 Å². The van der Waals surface area contributed by atoms with Crippen molar-refractivity contribution in [1.82, 2.24) is 4.72 Å². The highest BCUT2D eigenvalue weighted by atomic mass is 32.2. The van der Waals surface area contributed by atoms with Crippen LogP contribution in [0.1, 0.15) is 41.7 Å². The first-order valence-corrected chi connectivity index (χ1v) is 11.7. The van der Waals surface area contributed by atoms with Crippen molar-refractivity contribution >= 4 is 11.9 Å². The molecule has 5 nitrogen and oxygen atoms in total. The Morgan fingerprint density at radius 1 is 1.07 bits per heavy atom. The maximum absolute atomic E-state index is 6.34. The molecule has 0 saturated carbocycles. The van der Waals surface area contributed by atoms with Gasteiger partial charge in [-0.25, -0.2) is 0 Å². The Morgan fingerprint density at radius 2 is 1.83 bits per heavy atom. The van der Waals surface area contributed by atoms with E-state index in [4.69, 9.17) is 19.9 Å². The lowest BCUT2D eigenvalue weighted by Gasteiger charge is -2.17. The second-order valence-electron chi connectivity index (χ2n) is 7.47. The first-order valence-electron chi connectivity index (χ1n) is 10.9. The van der Waals surface area contributed by atoms with Crippen LogP contribution >= 0.6 is 11.9 Å². The molecule has 0 saturated heterocycles. The predicted molar refractivity (Wildman–Crippen MR) is 123 cm³/mol. The van der Waals surface area contributed by atoms with E-state index < -0.39 is 0 Å². The summed E-state index contributed by atoms with van der Waals surface area (Å²) < 4.78 is 20.4. The Morgan fingerprint density at radius 3 is 2.57 bits per heavy atom. The van der Waals surface area contributed by atoms with E-state index in [9.17, 15) is 0 Å². The summed E-state index contributed by atoms with van der Waals surface area (Å²) in [5, 5.41) is 0. The predicted octanol–water partition coefficient (Wildman–Crippen LogP) is 4.21. The van der Waals surface area contributed by atoms with Crippen LogP contribution in [-0.2, 0) is 22.3 Å². The number of benzene rings is 2. The van der Waals surface area contributed by atoms with Crippen LogP contribution in [0.3, 0.4) is 0 Å². The molecule has 2 aromatic carbocycles. The van der Waals surface area contributed by atoms with Crippen LogP contribution in [-0.4, -0.2) is 39.5 Å². The van der Waals surface area contributed by atoms with Gasteiger partial charge in [0.05, 0.1) is 26.4 Å². The van der Waals surface area contributed by atoms with E-state index >= 15 is 0 Å². The van der Waals surface area contributed by atoms with E-state index in [0.29, 0.717) is 33.0 Å². The van der Waals surface area contributed by atoms with Crippen molar-refractivity contribution in [3.8, 4) is 5.75 Å². The summed E-state index contributed by atoms with van der Waals surface area (Å²) in [5.74, 6) is 0.928. The van der Waals surface area contributed by atoms with Gasteiger partial charge in [-0.3, -0.25) is 4.72 Å². The van der Waals surface area contributed by atoms with Gasteiger partial charge in [-0.1, -0.05) is 24.6 Å². The highest BCUT2D eigenvalue weighted by molar-refractivity contribution is 7.97. The Balaban J connectivity index is 1.40. The smallest absolute Gasteiger partial charge is 0.124 e. The molecule has 6 heteroatoms. The van der Waals surface area contributed by atoms with Crippen LogP contribution in [0.25, 0.3) is 0 Å². The fourth-order valence-corrected chi connectivity index (χ4v) is 4.41. The molecule has 1 aliphatic carbocycles. The van der Waals surface area contributed by atoms with Crippen molar-refractivity contribution in [2.75, 3.05) is 39.5 Å². The SMILES string of the molecule is CCc1cc(C)cc2c1CCC2Oc1ccc(SNCCOCCOCCN)cc1. The number of fused-ring (bicyclic) bond motifs is 1. The topological polar surface area (TPSA) is 65.7 Å². The summed E-state index contributed by atoms with van der Waals surface area (Å²) >= 11 is 1.61. The van der Waals surface area contributed by atoms with Crippen molar-refractivity contribution in [3.63, 3.8) is 0 Å². The molecule has 30 heavy (non-hydrogen) atoms. The van der Waals surface area contributed by atoms with Crippen LogP contribution in [0, 0.1) is 6.92 Å². The molecule has 1 atom stereocenters. The molecular weight excluding hydrogens is 396 g/mol. The first kappa shape index (κ1) is 23.1. The number of aryl methyl sites for hydroxylation is 2. The lowest BCUT2D eigenvalue weighted by atomic mass is 9.98. The molecule has 0 spiro atoms. The number of ether oxygens (including phenoxy) is 3. The average molecular weight is 431 g/mol. The van der Waals surface area contributed by atoms with Crippen LogP contribution in [0.2, 0.25) is 0 Å². The van der Waals surface area contributed by atoms with E-state index in [1.165, 1.54) is 22.3 Å². The summed E-state index contributed by atoms with van der Waals surface area (Å²) in [4.78, 5) is 1.16. The summed E-state index contributed by atoms with van der Waals surface area (Å²) in [6.45, 7) is 8.17. The van der Waals surface area contributed by atoms with Crippen molar-refractivity contribution in [3.05, 3.63) is 58.7 Å². The second kappa shape index (κ2) is 12.3. The lowest BCUT2D eigenvalue weighted by Crippen LogP contribution is -2.16. The maximum Gasteiger partial charge on any atom is 0.124 e. The standard InChI is InChI=1S/C24H34N2O3S/c1-3-19-16-18(2)17-23-22(19)8-9-24(23)29-20-4-6-21(7-5-20)30-26-11-13-28-15-14-27-12-10-25/h4-7,16-17,24,26H,3,8-15,25H2,1-2H3. The molecule has 0 aromatic heterocycles. The Labute approximate surface area is 184 Å². The molecule has 164 valence electrons. The third-order valence-corrected chi connectivity index (χ3v) is 6.04. The highest BCUT2D eigenvalue weighted by Gasteiger charge is 2.26. The Hall–Kier alpha value is -1.57. The molecule has 0 bridgehead atoms. The molecule has 0 radical (unpaired) electrons. The highest BCUT2D eigenvalue weighted by Crippen LogP contribution is 2.38. The molecule has 3 rings (SSSR count). The van der Waals surface area contributed by atoms with E-state index in [0.717, 1.165) is 36.5 Å². The van der Waals surface area contributed by atoms with Gasteiger partial charge < -0.3 is 19.9 Å². The molecule has 2 aromatic rings. The largest absolute Gasteiger partial charge is 0.486 e. The summed E-state index contributed by atoms with van der Waals surface area (Å²) in [7, 11) is 0. The van der Waals surface area contributed by atoms with E-state index in [2.05, 4.69) is 55.0 Å². The Bertz CT molecular complexity index is 783. The number of rotatable bonds is 13. The van der Waals surface area contributed by atoms with Crippen LogP contribution < -0.4 is 15.2 Å². The van der Waals surface area contributed by atoms with Gasteiger partial charge in [0, 0.05) is 18.0 Å². The van der Waals surface area contributed by atoms with Crippen molar-refractivity contribution in [2.24, 2.45) is 5.73 Å². The molecule has 0 amide bonds. The van der Waals surface area contributed by atoms with Gasteiger partial charge in [0.15, 0.2) is 0 Å². The summed E-state index contributed by atoms with van der Waals surface area (Å²) in [5.41, 5.74) is 11.0. The van der Waals surface area contributed by atoms with Crippen molar-refractivity contribution < 1.29 is 14.2 Å². The third-order valence-electron chi connectivity index (χ3n) is 5.18. The second-order valence-corrected chi connectivity index (χ2v) is 8.44. The van der Waals surface area contributed by atoms with E-state index in [1.807, 2.05) is 0 Å². The minimum Gasteiger partial charge on any atom is -0.486 e. The minimum atomic E-state index is 0.160. The fraction of sp³-hybridized carbons (Fsp3) is 0.500. The van der Waals surface area contributed by atoms with Crippen LogP contribution in [0.15, 0.2) is 41.3 Å². The zero-order valence-electron chi connectivity index (χ0n) is 18.1. The van der Waals surface area contributed by atoms with Gasteiger partial charge in [-0.05, 0) is 79.1 Å². The zero-order valence-corrected chi connectivity index (χ0v) is 18.9. The zero-order chi connectivity index (χ0) is 21.2. The van der Waals surface area contributed by atoms with Gasteiger partial charge in [0.25, 0.3) is 0 Å². The van der Waals surface area contributed by atoms with Gasteiger partial charge in [-0.2, -0.15) is 0 Å². The quantitative estimate of drug-likeness (QED) is 0.367. The molecule has 0 fully saturated rings. The molecular formula is C24H34N2O3S. The minimum absolute atomic E-state index is 0.160. The molecule has 1 aliphatic rings. The van der Waals surface area contributed by atoms with E-state index in [1.54, 1.807) is 11.9 Å². The number of nitrogens with two attached hydrogens (primary N) is 1. The normalized spacial score (nSPS) is 15.4. The van der Waals surface area contributed by atoms with Crippen LogP contribution in [0.4, 0.5) is 0 Å². The fourth-order valence-electron chi connectivity index (χ4n) is 3.79. The van der Waals surface area contributed by atoms with Gasteiger partial charge in [0.2, 0.25) is 0 Å². The van der Waals surface area contributed by atoms with Crippen molar-refractivity contribution in [1.29, 1.82) is 0 Å². The van der Waals surface area contributed by atoms with Crippen molar-refractivity contribution in [2.45, 2.75) is 44.1 Å². The molecule has 0 heterocycles. The third kappa shape index (κ3) is 6.72. The van der Waals surface area contributed by atoms with Gasteiger partial charge in [-0.15, -0.1) is 0 Å². The monoisotopic (exact) mass is 430 g/mol. The number of nitrogens with one attached hydrogen (secondary N) is 1. The number of hydrogen-bond donors (Lipinski definition) is 2. The summed E-state index contributed by atoms with van der Waals surface area (Å²) in [6, 6.07) is 12.9. The van der Waals surface area contributed by atoms with Crippen LogP contribution in [0.5, 0.6) is 5.75 Å². The van der Waals surface area contributed by atoms with Gasteiger partial charge >= 0.3 is 0 Å². The van der Waals surface area contributed by atoms with Gasteiger partial charge in [0.1, 0.15) is 11.9 Å². The molecule has 3 N–H and O–H groups in total. The average Bonchev–Trinajstić information content (AvgIpc) is 3.15. The first-order chi connectivity index (χ1) is 14.7. The number of hydrogen-bond acceptors (Lipinski definition) is 6. The summed E-state index contributed by atoms with van der Waals surface area (Å²) in [6.07, 6.45) is 3.42.